The third-order valence-corrected chi connectivity index (χ3v) is 1.42. The molecule has 2 aromatic heterocycles. The lowest BCUT2D eigenvalue weighted by Gasteiger charge is -1.96. The molecule has 0 aromatic carbocycles. The van der Waals surface area contributed by atoms with E-state index in [0.29, 0.717) is 5.82 Å². The largest absolute Gasteiger partial charge is 0.382 e. The maximum atomic E-state index is 12.4. The van der Waals surface area contributed by atoms with E-state index >= 15 is 0 Å². The summed E-state index contributed by atoms with van der Waals surface area (Å²) in [5.41, 5.74) is 5.38. The minimum atomic E-state index is -0.483. The summed E-state index contributed by atoms with van der Waals surface area (Å²) in [6.07, 6.45) is 3.74. The minimum absolute atomic E-state index is 0.290. The van der Waals surface area contributed by atoms with Gasteiger partial charge in [0.15, 0.2) is 5.82 Å². The molecule has 66 valence electrons. The van der Waals surface area contributed by atoms with E-state index in [0.717, 1.165) is 12.4 Å². The van der Waals surface area contributed by atoms with Gasteiger partial charge in [0.1, 0.15) is 5.82 Å². The first-order valence-electron chi connectivity index (χ1n) is 3.55. The second-order valence-corrected chi connectivity index (χ2v) is 2.39. The molecule has 0 fully saturated rings. The van der Waals surface area contributed by atoms with Crippen LogP contribution in [0.1, 0.15) is 0 Å². The van der Waals surface area contributed by atoms with E-state index < -0.39 is 5.82 Å². The molecule has 2 N–H and O–H groups in total. The fourth-order valence-electron chi connectivity index (χ4n) is 0.873. The summed E-state index contributed by atoms with van der Waals surface area (Å²) in [6, 6.07) is 1.60. The third-order valence-electron chi connectivity index (χ3n) is 1.42. The van der Waals surface area contributed by atoms with Gasteiger partial charge in [0, 0.05) is 12.3 Å². The second kappa shape index (κ2) is 2.81. The monoisotopic (exact) mass is 179 g/mol. The van der Waals surface area contributed by atoms with Crippen LogP contribution in [0.2, 0.25) is 0 Å². The zero-order chi connectivity index (χ0) is 9.26. The Morgan fingerprint density at radius 3 is 2.54 bits per heavy atom. The molecule has 0 radical (unpaired) electrons. The van der Waals surface area contributed by atoms with E-state index in [2.05, 4.69) is 15.1 Å². The summed E-state index contributed by atoms with van der Waals surface area (Å²) < 4.78 is 13.8. The number of hydrogen-bond donors (Lipinski definition) is 1. The molecule has 2 aromatic rings. The van der Waals surface area contributed by atoms with Gasteiger partial charge >= 0.3 is 0 Å². The number of nitrogens with two attached hydrogens (primary N) is 1. The Labute approximate surface area is 73.0 Å². The predicted octanol–water partition coefficient (Wildman–Crippen LogP) is 0.384. The molecule has 2 heterocycles. The Balaban J connectivity index is 2.41. The van der Waals surface area contributed by atoms with Crippen LogP contribution in [-0.2, 0) is 0 Å². The van der Waals surface area contributed by atoms with Crippen LogP contribution in [-0.4, -0.2) is 19.7 Å². The quantitative estimate of drug-likeness (QED) is 0.687. The van der Waals surface area contributed by atoms with Gasteiger partial charge in [-0.2, -0.15) is 0 Å². The van der Waals surface area contributed by atoms with E-state index in [4.69, 9.17) is 5.73 Å². The summed E-state index contributed by atoms with van der Waals surface area (Å²) >= 11 is 0. The molecule has 5 nitrogen and oxygen atoms in total. The first-order chi connectivity index (χ1) is 6.25. The van der Waals surface area contributed by atoms with Gasteiger partial charge < -0.3 is 5.73 Å². The molecule has 0 aliphatic carbocycles. The molecular weight excluding hydrogens is 173 g/mol. The van der Waals surface area contributed by atoms with Crippen molar-refractivity contribution in [1.82, 2.24) is 19.7 Å². The van der Waals surface area contributed by atoms with Crippen molar-refractivity contribution in [3.63, 3.8) is 0 Å². The van der Waals surface area contributed by atoms with Gasteiger partial charge in [-0.05, 0) is 0 Å². The van der Waals surface area contributed by atoms with Gasteiger partial charge in [0.05, 0.1) is 12.4 Å². The molecule has 0 atom stereocenters. The van der Waals surface area contributed by atoms with Crippen LogP contribution in [0.25, 0.3) is 5.95 Å². The van der Waals surface area contributed by atoms with Crippen molar-refractivity contribution in [3.05, 3.63) is 30.5 Å². The highest BCUT2D eigenvalue weighted by Gasteiger charge is 2.00. The van der Waals surface area contributed by atoms with Gasteiger partial charge in [0.25, 0.3) is 5.95 Å². The fraction of sp³-hybridized carbons (Fsp3) is 0. The highest BCUT2D eigenvalue weighted by molar-refractivity contribution is 5.26. The highest BCUT2D eigenvalue weighted by atomic mass is 19.1. The van der Waals surface area contributed by atoms with Crippen molar-refractivity contribution >= 4 is 5.82 Å². The zero-order valence-corrected chi connectivity index (χ0v) is 6.55. The lowest BCUT2D eigenvalue weighted by atomic mass is 10.6. The van der Waals surface area contributed by atoms with Gasteiger partial charge in [-0.1, -0.05) is 0 Å². The van der Waals surface area contributed by atoms with Gasteiger partial charge in [-0.15, -0.1) is 5.10 Å². The van der Waals surface area contributed by atoms with Crippen LogP contribution >= 0.6 is 0 Å². The number of nitrogens with zero attached hydrogens (tertiary/aromatic N) is 4. The van der Waals surface area contributed by atoms with Crippen LogP contribution in [0.15, 0.2) is 24.7 Å². The Bertz CT molecular complexity index is 407. The molecular formula is C7H6FN5. The van der Waals surface area contributed by atoms with Crippen LogP contribution < -0.4 is 5.73 Å². The third kappa shape index (κ3) is 1.46. The molecule has 2 rings (SSSR count). The molecule has 0 unspecified atom stereocenters. The molecule has 0 saturated carbocycles. The number of halogens is 1. The second-order valence-electron chi connectivity index (χ2n) is 2.39. The first-order valence-corrected chi connectivity index (χ1v) is 3.55. The summed E-state index contributed by atoms with van der Waals surface area (Å²) in [7, 11) is 0. The number of hydrogen-bond acceptors (Lipinski definition) is 4. The lowest BCUT2D eigenvalue weighted by molar-refractivity contribution is 0.608. The van der Waals surface area contributed by atoms with E-state index in [1.54, 1.807) is 12.3 Å². The lowest BCUT2D eigenvalue weighted by Crippen LogP contribution is -2.02. The van der Waals surface area contributed by atoms with Crippen LogP contribution in [0.5, 0.6) is 0 Å². The van der Waals surface area contributed by atoms with Crippen molar-refractivity contribution < 1.29 is 4.39 Å². The van der Waals surface area contributed by atoms with Crippen molar-refractivity contribution in [2.24, 2.45) is 0 Å². The van der Waals surface area contributed by atoms with Gasteiger partial charge in [0.2, 0.25) is 0 Å². The molecule has 0 aliphatic rings. The standard InChI is InChI=1S/C7H6FN5/c8-5-3-10-7(11-4-5)13-2-1-6(9)12-13/h1-4H,(H2,9,12). The van der Waals surface area contributed by atoms with Crippen LogP contribution in [0.4, 0.5) is 10.2 Å². The minimum Gasteiger partial charge on any atom is -0.382 e. The SMILES string of the molecule is Nc1ccn(-c2ncc(F)cn2)n1. The normalized spacial score (nSPS) is 10.2. The number of aromatic nitrogens is 4. The molecule has 0 amide bonds. The summed E-state index contributed by atoms with van der Waals surface area (Å²) in [6.45, 7) is 0. The topological polar surface area (TPSA) is 69.6 Å². The van der Waals surface area contributed by atoms with E-state index in [1.165, 1.54) is 4.68 Å². The predicted molar refractivity (Wildman–Crippen MR) is 43.5 cm³/mol. The summed E-state index contributed by atoms with van der Waals surface area (Å²) in [5, 5.41) is 3.86. The van der Waals surface area contributed by atoms with Gasteiger partial charge in [-0.3, -0.25) is 0 Å². The molecule has 0 spiro atoms. The van der Waals surface area contributed by atoms with E-state index in [-0.39, 0.29) is 5.95 Å². The Kier molecular flexibility index (Phi) is 1.66. The fourth-order valence-corrected chi connectivity index (χ4v) is 0.873. The first kappa shape index (κ1) is 7.66. The zero-order valence-electron chi connectivity index (χ0n) is 6.55. The van der Waals surface area contributed by atoms with Crippen molar-refractivity contribution in [1.29, 1.82) is 0 Å². The van der Waals surface area contributed by atoms with E-state index in [9.17, 15) is 4.39 Å². The van der Waals surface area contributed by atoms with Crippen molar-refractivity contribution in [2.75, 3.05) is 5.73 Å². The highest BCUT2D eigenvalue weighted by Crippen LogP contribution is 2.02. The van der Waals surface area contributed by atoms with E-state index in [1.807, 2.05) is 0 Å². The number of nitrogen functional groups attached to an aromatic ring is 1. The van der Waals surface area contributed by atoms with Crippen molar-refractivity contribution in [3.8, 4) is 5.95 Å². The smallest absolute Gasteiger partial charge is 0.250 e. The molecule has 13 heavy (non-hydrogen) atoms. The Hall–Kier alpha value is -1.98. The van der Waals surface area contributed by atoms with Crippen molar-refractivity contribution in [2.45, 2.75) is 0 Å². The number of anilines is 1. The molecule has 6 heteroatoms. The maximum absolute atomic E-state index is 12.4. The molecule has 0 bridgehead atoms. The average Bonchev–Trinajstić information content (AvgIpc) is 2.53. The summed E-state index contributed by atoms with van der Waals surface area (Å²) in [4.78, 5) is 7.44. The molecule has 0 saturated heterocycles. The molecule has 0 aliphatic heterocycles. The Morgan fingerprint density at radius 2 is 2.00 bits per heavy atom. The summed E-state index contributed by atoms with van der Waals surface area (Å²) in [5.74, 6) is 0.176. The number of rotatable bonds is 1. The van der Waals surface area contributed by atoms with Gasteiger partial charge in [-0.25, -0.2) is 19.0 Å². The van der Waals surface area contributed by atoms with Crippen LogP contribution in [0.3, 0.4) is 0 Å². The maximum Gasteiger partial charge on any atom is 0.250 e. The van der Waals surface area contributed by atoms with Crippen LogP contribution in [0, 0.1) is 5.82 Å². The Morgan fingerprint density at radius 1 is 1.31 bits per heavy atom. The average molecular weight is 179 g/mol.